The summed E-state index contributed by atoms with van der Waals surface area (Å²) in [6.45, 7) is 5.43. The third-order valence-electron chi connectivity index (χ3n) is 7.40. The molecule has 2 aliphatic rings. The number of alkyl halides is 1. The molecule has 1 saturated carbocycles. The summed E-state index contributed by atoms with van der Waals surface area (Å²) in [5, 5.41) is 6.54. The predicted octanol–water partition coefficient (Wildman–Crippen LogP) is 4.86. The lowest BCUT2D eigenvalue weighted by Gasteiger charge is -2.39. The fraction of sp³-hybridized carbons (Fsp3) is 0.407. The average molecular weight is 473 g/mol. The van der Waals surface area contributed by atoms with Gasteiger partial charge in [0.05, 0.1) is 23.6 Å². The van der Waals surface area contributed by atoms with Crippen LogP contribution >= 0.6 is 0 Å². The number of aromatic nitrogens is 5. The summed E-state index contributed by atoms with van der Waals surface area (Å²) in [6.07, 6.45) is 5.26. The Labute approximate surface area is 203 Å². The SMILES string of the molecule is CCC(=O)N1CCn2c(C3CC(C)(F)C3)nc(-c3cccc4cc(-c5ccn(C)n5)ncc34)c2C1. The summed E-state index contributed by atoms with van der Waals surface area (Å²) in [6, 6.07) is 10.2. The lowest BCUT2D eigenvalue weighted by Crippen LogP contribution is -2.40. The highest BCUT2D eigenvalue weighted by Gasteiger charge is 2.44. The zero-order chi connectivity index (χ0) is 24.3. The van der Waals surface area contributed by atoms with Crippen molar-refractivity contribution < 1.29 is 9.18 Å². The van der Waals surface area contributed by atoms with Gasteiger partial charge in [0, 0.05) is 55.8 Å². The normalized spacial score (nSPS) is 21.7. The molecule has 0 bridgehead atoms. The highest BCUT2D eigenvalue weighted by atomic mass is 19.1. The Morgan fingerprint density at radius 1 is 1.20 bits per heavy atom. The van der Waals surface area contributed by atoms with Gasteiger partial charge in [-0.05, 0) is 37.3 Å². The lowest BCUT2D eigenvalue weighted by atomic mass is 9.73. The molecule has 1 aliphatic carbocycles. The Morgan fingerprint density at radius 3 is 2.74 bits per heavy atom. The van der Waals surface area contributed by atoms with Gasteiger partial charge in [-0.25, -0.2) is 9.37 Å². The van der Waals surface area contributed by atoms with E-state index in [0.717, 1.165) is 44.9 Å². The van der Waals surface area contributed by atoms with Crippen LogP contribution < -0.4 is 0 Å². The summed E-state index contributed by atoms with van der Waals surface area (Å²) in [5.74, 6) is 1.20. The smallest absolute Gasteiger partial charge is 0.222 e. The summed E-state index contributed by atoms with van der Waals surface area (Å²) < 4.78 is 18.4. The van der Waals surface area contributed by atoms with Crippen LogP contribution in [-0.2, 0) is 24.9 Å². The summed E-state index contributed by atoms with van der Waals surface area (Å²) >= 11 is 0. The number of fused-ring (bicyclic) bond motifs is 2. The van der Waals surface area contributed by atoms with Crippen molar-refractivity contribution in [1.29, 1.82) is 0 Å². The van der Waals surface area contributed by atoms with Crippen LogP contribution in [0, 0.1) is 0 Å². The van der Waals surface area contributed by atoms with Gasteiger partial charge in [0.2, 0.25) is 5.91 Å². The Bertz CT molecular complexity index is 1440. The van der Waals surface area contributed by atoms with Crippen LogP contribution in [0.15, 0.2) is 42.7 Å². The molecule has 35 heavy (non-hydrogen) atoms. The van der Waals surface area contributed by atoms with E-state index in [9.17, 15) is 9.18 Å². The average Bonchev–Trinajstić information content (AvgIpc) is 3.44. The molecule has 4 aromatic rings. The quantitative estimate of drug-likeness (QED) is 0.426. The molecule has 1 aromatic carbocycles. The minimum Gasteiger partial charge on any atom is -0.335 e. The van der Waals surface area contributed by atoms with Gasteiger partial charge < -0.3 is 9.47 Å². The number of carbonyl (C=O) groups excluding carboxylic acids is 1. The van der Waals surface area contributed by atoms with Gasteiger partial charge in [-0.3, -0.25) is 14.5 Å². The zero-order valence-electron chi connectivity index (χ0n) is 20.3. The third kappa shape index (κ3) is 3.72. The van der Waals surface area contributed by atoms with Gasteiger partial charge in [0.25, 0.3) is 0 Å². The Hall–Kier alpha value is -3.55. The van der Waals surface area contributed by atoms with Gasteiger partial charge in [-0.2, -0.15) is 5.10 Å². The van der Waals surface area contributed by atoms with Gasteiger partial charge in [-0.15, -0.1) is 0 Å². The maximum atomic E-state index is 14.4. The second kappa shape index (κ2) is 8.00. The number of rotatable bonds is 4. The largest absolute Gasteiger partial charge is 0.335 e. The Morgan fingerprint density at radius 2 is 2.03 bits per heavy atom. The van der Waals surface area contributed by atoms with Crippen molar-refractivity contribution in [3.05, 3.63) is 54.2 Å². The Balaban J connectivity index is 1.47. The first-order chi connectivity index (χ1) is 16.8. The first kappa shape index (κ1) is 21.9. The number of pyridine rings is 1. The second-order valence-electron chi connectivity index (χ2n) is 10.1. The number of aryl methyl sites for hydroxylation is 1. The summed E-state index contributed by atoms with van der Waals surface area (Å²) in [5.41, 5.74) is 3.42. The van der Waals surface area contributed by atoms with E-state index < -0.39 is 5.67 Å². The highest BCUT2D eigenvalue weighted by molar-refractivity contribution is 5.97. The molecule has 0 spiro atoms. The van der Waals surface area contributed by atoms with Crippen LogP contribution in [0.5, 0.6) is 0 Å². The fourth-order valence-electron chi connectivity index (χ4n) is 5.58. The molecule has 0 atom stereocenters. The van der Waals surface area contributed by atoms with Gasteiger partial charge in [-0.1, -0.05) is 25.1 Å². The van der Waals surface area contributed by atoms with E-state index in [4.69, 9.17) is 9.97 Å². The van der Waals surface area contributed by atoms with Crippen LogP contribution in [0.25, 0.3) is 33.4 Å². The van der Waals surface area contributed by atoms with Crippen molar-refractivity contribution >= 4 is 16.7 Å². The number of benzene rings is 1. The van der Waals surface area contributed by atoms with E-state index in [0.29, 0.717) is 38.9 Å². The first-order valence-corrected chi connectivity index (χ1v) is 12.3. The molecule has 1 fully saturated rings. The molecule has 1 amide bonds. The van der Waals surface area contributed by atoms with E-state index in [-0.39, 0.29) is 11.8 Å². The topological polar surface area (TPSA) is 68.8 Å². The third-order valence-corrected chi connectivity index (χ3v) is 7.40. The minimum absolute atomic E-state index is 0.106. The van der Waals surface area contributed by atoms with Crippen LogP contribution in [0.4, 0.5) is 4.39 Å². The molecule has 0 radical (unpaired) electrons. The number of nitrogens with zero attached hydrogens (tertiary/aromatic N) is 6. The van der Waals surface area contributed by atoms with Crippen molar-refractivity contribution in [2.45, 2.75) is 57.8 Å². The molecule has 0 saturated heterocycles. The van der Waals surface area contributed by atoms with Gasteiger partial charge in [0.15, 0.2) is 0 Å². The monoisotopic (exact) mass is 472 g/mol. The van der Waals surface area contributed by atoms with E-state index >= 15 is 0 Å². The van der Waals surface area contributed by atoms with Crippen molar-refractivity contribution in [3.8, 4) is 22.6 Å². The maximum Gasteiger partial charge on any atom is 0.222 e. The zero-order valence-corrected chi connectivity index (χ0v) is 20.3. The van der Waals surface area contributed by atoms with Crippen LogP contribution in [0.1, 0.15) is 50.5 Å². The van der Waals surface area contributed by atoms with E-state index in [1.54, 1.807) is 11.6 Å². The number of hydrogen-bond donors (Lipinski definition) is 0. The van der Waals surface area contributed by atoms with E-state index in [1.165, 1.54) is 0 Å². The highest BCUT2D eigenvalue weighted by Crippen LogP contribution is 2.48. The van der Waals surface area contributed by atoms with Crippen molar-refractivity contribution in [2.24, 2.45) is 7.05 Å². The summed E-state index contributed by atoms with van der Waals surface area (Å²) in [7, 11) is 1.89. The van der Waals surface area contributed by atoms with E-state index in [2.05, 4.69) is 27.9 Å². The van der Waals surface area contributed by atoms with Crippen LogP contribution in [0.2, 0.25) is 0 Å². The number of amides is 1. The molecule has 3 aromatic heterocycles. The number of carbonyl (C=O) groups is 1. The molecule has 7 nitrogen and oxygen atoms in total. The molecule has 0 N–H and O–H groups in total. The van der Waals surface area contributed by atoms with Crippen molar-refractivity contribution in [1.82, 2.24) is 29.2 Å². The molecule has 8 heteroatoms. The molecular weight excluding hydrogens is 443 g/mol. The number of hydrogen-bond acceptors (Lipinski definition) is 4. The van der Waals surface area contributed by atoms with Crippen LogP contribution in [0.3, 0.4) is 0 Å². The first-order valence-electron chi connectivity index (χ1n) is 12.3. The van der Waals surface area contributed by atoms with Crippen molar-refractivity contribution in [2.75, 3.05) is 6.54 Å². The molecule has 180 valence electrons. The van der Waals surface area contributed by atoms with E-state index in [1.807, 2.05) is 43.4 Å². The fourth-order valence-corrected chi connectivity index (χ4v) is 5.58. The number of halogens is 1. The van der Waals surface area contributed by atoms with Crippen LogP contribution in [-0.4, -0.2) is 47.3 Å². The second-order valence-corrected chi connectivity index (χ2v) is 10.1. The van der Waals surface area contributed by atoms with Gasteiger partial charge >= 0.3 is 0 Å². The summed E-state index contributed by atoms with van der Waals surface area (Å²) in [4.78, 5) is 24.3. The van der Waals surface area contributed by atoms with Gasteiger partial charge in [0.1, 0.15) is 17.2 Å². The lowest BCUT2D eigenvalue weighted by molar-refractivity contribution is -0.132. The molecule has 0 unspecified atom stereocenters. The number of imidazole rings is 1. The molecular formula is C27H29FN6O. The standard InChI is InChI=1S/C27H29FN6O/c1-4-24(35)33-10-11-34-23(16-33)25(30-26(34)18-13-27(2,28)14-18)19-7-5-6-17-12-22(29-15-20(17)19)21-8-9-32(3)31-21/h5-9,12,15,18H,4,10-11,13-14,16H2,1-3H3. The van der Waals surface area contributed by atoms with Crippen molar-refractivity contribution in [3.63, 3.8) is 0 Å². The molecule has 6 rings (SSSR count). The maximum absolute atomic E-state index is 14.4. The minimum atomic E-state index is -1.12. The predicted molar refractivity (Wildman–Crippen MR) is 132 cm³/mol. The molecule has 1 aliphatic heterocycles. The Kier molecular flexibility index (Phi) is 5.02. The molecule has 4 heterocycles.